The predicted molar refractivity (Wildman–Crippen MR) is 65.6 cm³/mol. The Morgan fingerprint density at radius 2 is 2.00 bits per heavy atom. The van der Waals surface area contributed by atoms with Gasteiger partial charge in [-0.05, 0) is 31.4 Å². The van der Waals surface area contributed by atoms with Crippen molar-refractivity contribution in [2.24, 2.45) is 0 Å². The number of hydrogen-bond acceptors (Lipinski definition) is 1. The van der Waals surface area contributed by atoms with Gasteiger partial charge in [0.25, 0.3) is 0 Å². The first-order valence-electron chi connectivity index (χ1n) is 5.53. The molecular formula is C13H14BrFO. The molecule has 0 spiro atoms. The smallest absolute Gasteiger partial charge is 0.182 e. The molecule has 1 fully saturated rings. The first kappa shape index (κ1) is 11.8. The highest BCUT2D eigenvalue weighted by molar-refractivity contribution is 9.10. The van der Waals surface area contributed by atoms with E-state index in [1.54, 1.807) is 25.1 Å². The van der Waals surface area contributed by atoms with Gasteiger partial charge in [-0.1, -0.05) is 40.9 Å². The fourth-order valence-corrected chi connectivity index (χ4v) is 3.00. The zero-order valence-electron chi connectivity index (χ0n) is 9.22. The van der Waals surface area contributed by atoms with E-state index >= 15 is 0 Å². The second-order valence-corrected chi connectivity index (χ2v) is 5.96. The Balaban J connectivity index is 2.37. The zero-order chi connectivity index (χ0) is 11.8. The number of carbonyl (C=O) groups excluding carboxylic acids is 1. The summed E-state index contributed by atoms with van der Waals surface area (Å²) in [5.41, 5.74) is 0.749. The average Bonchev–Trinajstić information content (AvgIpc) is 2.70. The van der Waals surface area contributed by atoms with Gasteiger partial charge in [-0.25, -0.2) is 4.39 Å². The second-order valence-electron chi connectivity index (χ2n) is 4.44. The van der Waals surface area contributed by atoms with Crippen LogP contribution in [-0.2, 0) is 0 Å². The van der Waals surface area contributed by atoms with Crippen LogP contribution in [0.25, 0.3) is 0 Å². The van der Waals surface area contributed by atoms with Gasteiger partial charge in [0.15, 0.2) is 5.78 Å². The van der Waals surface area contributed by atoms with Crippen molar-refractivity contribution >= 4 is 21.7 Å². The molecule has 1 aromatic carbocycles. The number of rotatable bonds is 2. The van der Waals surface area contributed by atoms with Gasteiger partial charge in [-0.15, -0.1) is 0 Å². The summed E-state index contributed by atoms with van der Waals surface area (Å²) in [6, 6.07) is 4.99. The maximum atomic E-state index is 13.8. The Hall–Kier alpha value is -0.700. The summed E-state index contributed by atoms with van der Waals surface area (Å²) in [6.07, 6.45) is 3.67. The topological polar surface area (TPSA) is 17.1 Å². The van der Waals surface area contributed by atoms with E-state index < -0.39 is 4.32 Å². The first-order chi connectivity index (χ1) is 7.54. The molecule has 86 valence electrons. The van der Waals surface area contributed by atoms with Crippen LogP contribution in [0.3, 0.4) is 0 Å². The van der Waals surface area contributed by atoms with Gasteiger partial charge in [-0.3, -0.25) is 4.79 Å². The van der Waals surface area contributed by atoms with Crippen molar-refractivity contribution in [3.63, 3.8) is 0 Å². The second kappa shape index (κ2) is 4.28. The lowest BCUT2D eigenvalue weighted by atomic mass is 9.94. The summed E-state index contributed by atoms with van der Waals surface area (Å²) in [7, 11) is 0. The van der Waals surface area contributed by atoms with E-state index in [4.69, 9.17) is 0 Å². The number of aryl methyl sites for hydroxylation is 1. The molecule has 0 unspecified atom stereocenters. The minimum Gasteiger partial charge on any atom is -0.292 e. The minimum absolute atomic E-state index is 0.105. The number of halogens is 2. The van der Waals surface area contributed by atoms with Gasteiger partial charge in [0.2, 0.25) is 0 Å². The minimum atomic E-state index is -0.526. The van der Waals surface area contributed by atoms with E-state index in [1.807, 2.05) is 0 Å². The van der Waals surface area contributed by atoms with Gasteiger partial charge in [-0.2, -0.15) is 0 Å². The van der Waals surface area contributed by atoms with Crippen molar-refractivity contribution in [3.05, 3.63) is 35.1 Å². The van der Waals surface area contributed by atoms with Gasteiger partial charge in [0, 0.05) is 0 Å². The quantitative estimate of drug-likeness (QED) is 0.592. The molecule has 0 aliphatic heterocycles. The normalized spacial score (nSPS) is 18.7. The molecule has 0 atom stereocenters. The molecule has 1 aliphatic carbocycles. The Morgan fingerprint density at radius 1 is 1.38 bits per heavy atom. The van der Waals surface area contributed by atoms with Gasteiger partial charge in [0.05, 0.1) is 9.89 Å². The first-order valence-corrected chi connectivity index (χ1v) is 6.33. The highest BCUT2D eigenvalue weighted by Crippen LogP contribution is 2.40. The Morgan fingerprint density at radius 3 is 2.62 bits per heavy atom. The lowest BCUT2D eigenvalue weighted by Crippen LogP contribution is -2.29. The van der Waals surface area contributed by atoms with Gasteiger partial charge < -0.3 is 0 Å². The lowest BCUT2D eigenvalue weighted by Gasteiger charge is -2.20. The molecular weight excluding hydrogens is 271 g/mol. The maximum Gasteiger partial charge on any atom is 0.182 e. The average molecular weight is 285 g/mol. The van der Waals surface area contributed by atoms with Crippen LogP contribution >= 0.6 is 15.9 Å². The highest BCUT2D eigenvalue weighted by atomic mass is 79.9. The van der Waals surface area contributed by atoms with E-state index in [2.05, 4.69) is 15.9 Å². The third kappa shape index (κ3) is 1.93. The van der Waals surface area contributed by atoms with Crippen LogP contribution in [0.5, 0.6) is 0 Å². The summed E-state index contributed by atoms with van der Waals surface area (Å²) in [6.45, 7) is 1.68. The molecule has 0 heterocycles. The predicted octanol–water partition coefficient (Wildman–Crippen LogP) is 4.02. The summed E-state index contributed by atoms with van der Waals surface area (Å²) < 4.78 is 13.3. The Labute approximate surface area is 103 Å². The molecule has 3 heteroatoms. The van der Waals surface area contributed by atoms with Gasteiger partial charge in [0.1, 0.15) is 5.82 Å². The van der Waals surface area contributed by atoms with E-state index in [-0.39, 0.29) is 17.2 Å². The zero-order valence-corrected chi connectivity index (χ0v) is 10.8. The molecule has 0 amide bonds. The summed E-state index contributed by atoms with van der Waals surface area (Å²) in [5, 5.41) is 0. The fourth-order valence-electron chi connectivity index (χ4n) is 2.23. The van der Waals surface area contributed by atoms with Crippen LogP contribution in [0.2, 0.25) is 0 Å². The molecule has 16 heavy (non-hydrogen) atoms. The fraction of sp³-hybridized carbons (Fsp3) is 0.462. The molecule has 0 bridgehead atoms. The van der Waals surface area contributed by atoms with Crippen molar-refractivity contribution in [3.8, 4) is 0 Å². The SMILES string of the molecule is Cc1cccc(C(=O)C2(Br)CCCC2)c1F. The van der Waals surface area contributed by atoms with E-state index in [9.17, 15) is 9.18 Å². The maximum absolute atomic E-state index is 13.8. The van der Waals surface area contributed by atoms with Crippen molar-refractivity contribution in [1.82, 2.24) is 0 Å². The van der Waals surface area contributed by atoms with Crippen molar-refractivity contribution in [2.45, 2.75) is 36.9 Å². The number of alkyl halides is 1. The molecule has 1 nitrogen and oxygen atoms in total. The molecule has 0 saturated heterocycles. The van der Waals surface area contributed by atoms with E-state index in [0.29, 0.717) is 5.56 Å². The Kier molecular flexibility index (Phi) is 3.15. The number of ketones is 1. The third-order valence-electron chi connectivity index (χ3n) is 3.24. The van der Waals surface area contributed by atoms with Gasteiger partial charge >= 0.3 is 0 Å². The molecule has 2 rings (SSSR count). The molecule has 1 aromatic rings. The third-order valence-corrected chi connectivity index (χ3v) is 4.39. The van der Waals surface area contributed by atoms with Crippen LogP contribution < -0.4 is 0 Å². The monoisotopic (exact) mass is 284 g/mol. The standard InChI is InChI=1S/C13H14BrFO/c1-9-5-4-6-10(11(9)15)12(16)13(14)7-2-3-8-13/h4-6H,2-3,7-8H2,1H3. The summed E-state index contributed by atoms with van der Waals surface area (Å²) in [5.74, 6) is -0.482. The van der Waals surface area contributed by atoms with Crippen molar-refractivity contribution in [2.75, 3.05) is 0 Å². The van der Waals surface area contributed by atoms with E-state index in [0.717, 1.165) is 25.7 Å². The Bertz CT molecular complexity index is 422. The number of carbonyl (C=O) groups is 1. The van der Waals surface area contributed by atoms with Crippen LogP contribution in [0.15, 0.2) is 18.2 Å². The van der Waals surface area contributed by atoms with Crippen molar-refractivity contribution < 1.29 is 9.18 Å². The molecule has 0 radical (unpaired) electrons. The van der Waals surface area contributed by atoms with Crippen LogP contribution in [0, 0.1) is 12.7 Å². The highest BCUT2D eigenvalue weighted by Gasteiger charge is 2.39. The van der Waals surface area contributed by atoms with Crippen LogP contribution in [0.4, 0.5) is 4.39 Å². The lowest BCUT2D eigenvalue weighted by molar-refractivity contribution is 0.0944. The van der Waals surface area contributed by atoms with Crippen molar-refractivity contribution in [1.29, 1.82) is 0 Å². The summed E-state index contributed by atoms with van der Waals surface area (Å²) >= 11 is 3.49. The van der Waals surface area contributed by atoms with Crippen LogP contribution in [-0.4, -0.2) is 10.1 Å². The number of Topliss-reactive ketones (excluding diaryl/α,β-unsaturated/α-hetero) is 1. The molecule has 0 aromatic heterocycles. The number of hydrogen-bond donors (Lipinski definition) is 0. The van der Waals surface area contributed by atoms with Crippen LogP contribution in [0.1, 0.15) is 41.6 Å². The molecule has 0 N–H and O–H groups in total. The summed E-state index contributed by atoms with van der Waals surface area (Å²) in [4.78, 5) is 12.3. The molecule has 1 aliphatic rings. The molecule has 1 saturated carbocycles. The number of benzene rings is 1. The van der Waals surface area contributed by atoms with E-state index in [1.165, 1.54) is 0 Å². The largest absolute Gasteiger partial charge is 0.292 e.